The van der Waals surface area contributed by atoms with Gasteiger partial charge in [-0.25, -0.2) is 0 Å². The lowest BCUT2D eigenvalue weighted by Crippen LogP contribution is -1.85. The normalized spacial score (nSPS) is 4.42. The summed E-state index contributed by atoms with van der Waals surface area (Å²) in [5.41, 5.74) is 0. The molecule has 12 heavy (non-hydrogen) atoms. The maximum absolute atomic E-state index is 4.41. The van der Waals surface area contributed by atoms with Crippen LogP contribution in [-0.2, 0) is 4.84 Å². The molecule has 0 aromatic heterocycles. The van der Waals surface area contributed by atoms with E-state index in [9.17, 15) is 0 Å². The van der Waals surface area contributed by atoms with E-state index in [1.165, 1.54) is 0 Å². The summed E-state index contributed by atoms with van der Waals surface area (Å²) in [6.07, 6.45) is 4.43. The van der Waals surface area contributed by atoms with Crippen LogP contribution in [0.4, 0.5) is 0 Å². The van der Waals surface area contributed by atoms with Gasteiger partial charge in [0.15, 0.2) is 0 Å². The van der Waals surface area contributed by atoms with Crippen molar-refractivity contribution in [2.75, 3.05) is 0 Å². The van der Waals surface area contributed by atoms with Crippen LogP contribution in [0.5, 0.6) is 0 Å². The molecule has 0 saturated heterocycles. The molecule has 0 heterocycles. The summed E-state index contributed by atoms with van der Waals surface area (Å²) < 4.78 is 0. The summed E-state index contributed by atoms with van der Waals surface area (Å²) in [6.45, 7) is 17.9. The summed E-state index contributed by atoms with van der Waals surface area (Å²) in [7, 11) is 0. The van der Waals surface area contributed by atoms with Gasteiger partial charge in [-0.1, -0.05) is 59.6 Å². The average Bonchev–Trinajstić information content (AvgIpc) is 2.23. The number of hydrogen-bond donors (Lipinski definition) is 1. The lowest BCUT2D eigenvalue weighted by atomic mass is 10.6. The van der Waals surface area contributed by atoms with E-state index in [4.69, 9.17) is 0 Å². The maximum Gasteiger partial charge on any atom is 0.103 e. The summed E-state index contributed by atoms with van der Waals surface area (Å²) in [4.78, 5) is 3.81. The highest BCUT2D eigenvalue weighted by Gasteiger charge is 1.35. The van der Waals surface area contributed by atoms with Gasteiger partial charge in [-0.2, -0.15) is 5.90 Å². The van der Waals surface area contributed by atoms with Gasteiger partial charge in [-0.15, -0.1) is 0 Å². The van der Waals surface area contributed by atoms with Crippen molar-refractivity contribution in [3.63, 3.8) is 0 Å². The van der Waals surface area contributed by atoms with Crippen LogP contribution in [0.3, 0.4) is 0 Å². The molecule has 0 aliphatic carbocycles. The van der Waals surface area contributed by atoms with Crippen LogP contribution in [-0.4, -0.2) is 0 Å². The lowest BCUT2D eigenvalue weighted by molar-refractivity contribution is 0.262. The predicted molar refractivity (Wildman–Crippen MR) is 58.6 cm³/mol. The van der Waals surface area contributed by atoms with E-state index in [0.717, 1.165) is 6.26 Å². The number of nitrogens with two attached hydrogens (primary N) is 1. The van der Waals surface area contributed by atoms with Gasteiger partial charge >= 0.3 is 0 Å². The van der Waals surface area contributed by atoms with Crippen molar-refractivity contribution in [1.29, 1.82) is 0 Å². The van der Waals surface area contributed by atoms with Gasteiger partial charge in [0.05, 0.1) is 0 Å². The highest BCUT2D eigenvalue weighted by atomic mass is 16.6. The SMILES string of the molecule is C=CC=C.C=CON.CC.CC. The summed E-state index contributed by atoms with van der Waals surface area (Å²) in [6, 6.07) is 0. The Kier molecular flexibility index (Phi) is 170. The van der Waals surface area contributed by atoms with E-state index in [1.54, 1.807) is 12.2 Å². The van der Waals surface area contributed by atoms with Gasteiger partial charge in [0.25, 0.3) is 0 Å². The third-order valence-electron chi connectivity index (χ3n) is 0.263. The molecular weight excluding hydrogens is 150 g/mol. The highest BCUT2D eigenvalue weighted by molar-refractivity contribution is 4.88. The third-order valence-corrected chi connectivity index (χ3v) is 0.263. The molecule has 2 nitrogen and oxygen atoms in total. The van der Waals surface area contributed by atoms with Crippen molar-refractivity contribution in [3.8, 4) is 0 Å². The Morgan fingerprint density at radius 2 is 1.08 bits per heavy atom. The molecule has 0 spiro atoms. The van der Waals surface area contributed by atoms with Crippen molar-refractivity contribution in [2.45, 2.75) is 27.7 Å². The van der Waals surface area contributed by atoms with Gasteiger partial charge in [-0.3, -0.25) is 0 Å². The van der Waals surface area contributed by atoms with E-state index in [2.05, 4.69) is 30.5 Å². The molecule has 0 saturated carbocycles. The monoisotopic (exact) mass is 173 g/mol. The van der Waals surface area contributed by atoms with Crippen molar-refractivity contribution in [2.24, 2.45) is 5.90 Å². The van der Waals surface area contributed by atoms with Gasteiger partial charge in [0.1, 0.15) is 6.26 Å². The minimum absolute atomic E-state index is 1.15. The molecule has 0 bridgehead atoms. The van der Waals surface area contributed by atoms with Crippen LogP contribution < -0.4 is 5.90 Å². The molecule has 0 amide bonds. The first-order valence-corrected chi connectivity index (χ1v) is 4.03. The Morgan fingerprint density at radius 3 is 1.08 bits per heavy atom. The second-order valence-corrected chi connectivity index (χ2v) is 0.774. The molecule has 0 fully saturated rings. The topological polar surface area (TPSA) is 35.2 Å². The number of rotatable bonds is 2. The molecular formula is C10H23NO. The molecule has 0 aromatic carbocycles. The zero-order chi connectivity index (χ0) is 10.8. The number of hydrogen-bond acceptors (Lipinski definition) is 2. The van der Waals surface area contributed by atoms with E-state index in [0.29, 0.717) is 0 Å². The second-order valence-electron chi connectivity index (χ2n) is 0.774. The summed E-state index contributed by atoms with van der Waals surface area (Å²) in [5, 5.41) is 0. The first-order chi connectivity index (χ1) is 5.83. The van der Waals surface area contributed by atoms with Gasteiger partial charge in [0, 0.05) is 0 Å². The smallest absolute Gasteiger partial charge is 0.103 e. The fraction of sp³-hybridized carbons (Fsp3) is 0.400. The maximum atomic E-state index is 4.41. The Balaban J connectivity index is -0.0000000380. The molecule has 0 rings (SSSR count). The molecule has 0 aromatic rings. The molecule has 74 valence electrons. The lowest BCUT2D eigenvalue weighted by Gasteiger charge is -1.72. The molecule has 0 atom stereocenters. The standard InChI is InChI=1S/C4H6.C2H5NO.2C2H6/c1-3-4-2;1-2-4-3;2*1-2/h3-4H,1-2H2;2H,1,3H2;2*1-2H3. The van der Waals surface area contributed by atoms with Crippen LogP contribution in [0.25, 0.3) is 0 Å². The van der Waals surface area contributed by atoms with Gasteiger partial charge in [-0.05, 0) is 0 Å². The highest BCUT2D eigenvalue weighted by Crippen LogP contribution is 1.52. The Bertz CT molecular complexity index is 64.2. The molecule has 2 N–H and O–H groups in total. The fourth-order valence-electron chi connectivity index (χ4n) is 0. The van der Waals surface area contributed by atoms with Crippen molar-refractivity contribution >= 4 is 0 Å². The first-order valence-electron chi connectivity index (χ1n) is 4.03. The van der Waals surface area contributed by atoms with E-state index in [-0.39, 0.29) is 0 Å². The van der Waals surface area contributed by atoms with Crippen LogP contribution in [0.2, 0.25) is 0 Å². The molecule has 0 aliphatic rings. The van der Waals surface area contributed by atoms with Crippen LogP contribution in [0.1, 0.15) is 27.7 Å². The summed E-state index contributed by atoms with van der Waals surface area (Å²) >= 11 is 0. The summed E-state index contributed by atoms with van der Waals surface area (Å²) in [5.74, 6) is 4.41. The van der Waals surface area contributed by atoms with Crippen LogP contribution >= 0.6 is 0 Å². The minimum atomic E-state index is 1.15. The molecule has 2 heteroatoms. The molecule has 0 aliphatic heterocycles. The fourth-order valence-corrected chi connectivity index (χ4v) is 0. The Morgan fingerprint density at radius 1 is 0.917 bits per heavy atom. The van der Waals surface area contributed by atoms with E-state index in [1.807, 2.05) is 27.7 Å². The predicted octanol–water partition coefficient (Wildman–Crippen LogP) is 3.43. The quantitative estimate of drug-likeness (QED) is 0.394. The largest absolute Gasteiger partial charge is 0.420 e. The third kappa shape index (κ3) is 595. The van der Waals surface area contributed by atoms with Crippen molar-refractivity contribution < 1.29 is 4.84 Å². The van der Waals surface area contributed by atoms with Gasteiger partial charge in [0.2, 0.25) is 0 Å². The van der Waals surface area contributed by atoms with Crippen LogP contribution in [0, 0.1) is 0 Å². The van der Waals surface area contributed by atoms with Crippen molar-refractivity contribution in [1.82, 2.24) is 0 Å². The second kappa shape index (κ2) is 90.6. The zero-order valence-corrected chi connectivity index (χ0v) is 8.84. The zero-order valence-electron chi connectivity index (χ0n) is 8.84. The molecule has 0 radical (unpaired) electrons. The van der Waals surface area contributed by atoms with Gasteiger partial charge < -0.3 is 4.84 Å². The van der Waals surface area contributed by atoms with Crippen molar-refractivity contribution in [3.05, 3.63) is 38.2 Å². The van der Waals surface area contributed by atoms with E-state index >= 15 is 0 Å². The minimum Gasteiger partial charge on any atom is -0.420 e. The Hall–Kier alpha value is -1.02. The first kappa shape index (κ1) is 22.4. The average molecular weight is 173 g/mol. The Labute approximate surface area is 77.4 Å². The molecule has 0 unspecified atom stereocenters. The van der Waals surface area contributed by atoms with E-state index < -0.39 is 0 Å². The number of allylic oxidation sites excluding steroid dienone is 2. The van der Waals surface area contributed by atoms with Crippen LogP contribution in [0.15, 0.2) is 38.2 Å².